The summed E-state index contributed by atoms with van der Waals surface area (Å²) < 4.78 is 0. The second-order valence-corrected chi connectivity index (χ2v) is 24.1. The molecule has 0 aromatic rings. The van der Waals surface area contributed by atoms with E-state index >= 15 is 0 Å². The van der Waals surface area contributed by atoms with Crippen molar-refractivity contribution in [1.82, 2.24) is 0 Å². The summed E-state index contributed by atoms with van der Waals surface area (Å²) in [6.45, 7) is 44.9. The summed E-state index contributed by atoms with van der Waals surface area (Å²) in [4.78, 5) is 17.8. The number of hydrogen-bond donors (Lipinski definition) is 0. The normalized spacial score (nSPS) is 12.7. The fourth-order valence-corrected chi connectivity index (χ4v) is 18.1. The molecule has 0 aliphatic carbocycles. The van der Waals surface area contributed by atoms with Crippen molar-refractivity contribution in [2.24, 2.45) is 0 Å². The molecule has 0 saturated carbocycles. The molecular weight excluding hydrogens is 569 g/mol. The first-order valence-corrected chi connectivity index (χ1v) is 14.8. The molecule has 0 aliphatic heterocycles. The van der Waals surface area contributed by atoms with Gasteiger partial charge >= 0.3 is 20.4 Å². The van der Waals surface area contributed by atoms with E-state index in [9.17, 15) is 0 Å². The van der Waals surface area contributed by atoms with Gasteiger partial charge in [-0.1, -0.05) is 140 Å². The first-order valence-electron chi connectivity index (χ1n) is 12.2. The molecule has 216 valence electrons. The minimum absolute atomic E-state index is 0. The largest absolute Gasteiger partial charge is 2.00 e. The summed E-state index contributed by atoms with van der Waals surface area (Å²) >= 11 is 0. The third-order valence-corrected chi connectivity index (χ3v) is 12.1. The van der Waals surface area contributed by atoms with Crippen molar-refractivity contribution in [3.05, 3.63) is 0 Å². The van der Waals surface area contributed by atoms with Crippen LogP contribution >= 0.6 is 15.8 Å². The van der Waals surface area contributed by atoms with Crippen molar-refractivity contribution in [2.45, 2.75) is 169 Å². The molecule has 0 unspecified atom stereocenters. The predicted molar refractivity (Wildman–Crippen MR) is 154 cm³/mol. The van der Waals surface area contributed by atoms with Crippen LogP contribution in [0.4, 0.5) is 0 Å². The fraction of sp³-hybridized carbons (Fsp3) is 0.929. The number of carboxylic acids is 2. The third kappa shape index (κ3) is 27.3. The Morgan fingerprint density at radius 3 is 0.457 bits per heavy atom. The number of hydrogen-bond acceptors (Lipinski definition) is 4. The Morgan fingerprint density at radius 1 is 0.400 bits per heavy atom. The maximum atomic E-state index is 8.89. The Bertz CT molecular complexity index is 463. The van der Waals surface area contributed by atoms with Gasteiger partial charge < -0.3 is 19.8 Å². The Kier molecular flexibility index (Phi) is 21.3. The van der Waals surface area contributed by atoms with Gasteiger partial charge in [-0.2, -0.15) is 0 Å². The van der Waals surface area contributed by atoms with Gasteiger partial charge in [0.1, 0.15) is 0 Å². The SMILES string of the molecule is CC(=O)[O-].CC(=O)[O-].CC(C)(C)P(C(C)(C)C)C(C)(C)C.CC(C)(C)P(C(C)(C)C)C(C)(C)C.[Pd+2]. The maximum absolute atomic E-state index is 8.89. The van der Waals surface area contributed by atoms with Gasteiger partial charge in [0, 0.05) is 11.9 Å². The second-order valence-electron chi connectivity index (χ2n) is 14.7. The fourth-order valence-electron chi connectivity index (χ4n) is 6.04. The van der Waals surface area contributed by atoms with Crippen LogP contribution in [-0.4, -0.2) is 42.9 Å². The second kappa shape index (κ2) is 16.4. The molecule has 0 radical (unpaired) electrons. The van der Waals surface area contributed by atoms with Crippen molar-refractivity contribution < 1.29 is 40.2 Å². The van der Waals surface area contributed by atoms with Crippen LogP contribution in [0.5, 0.6) is 0 Å². The zero-order valence-electron chi connectivity index (χ0n) is 26.8. The Labute approximate surface area is 236 Å². The van der Waals surface area contributed by atoms with Crippen LogP contribution in [0.1, 0.15) is 138 Å². The van der Waals surface area contributed by atoms with E-state index in [1.54, 1.807) is 0 Å². The summed E-state index contributed by atoms with van der Waals surface area (Å²) in [7, 11) is 0.0324. The van der Waals surface area contributed by atoms with Crippen molar-refractivity contribution in [3.8, 4) is 0 Å². The summed E-state index contributed by atoms with van der Waals surface area (Å²) in [5.74, 6) is -2.17. The van der Waals surface area contributed by atoms with Crippen molar-refractivity contribution >= 4 is 27.8 Å². The molecule has 4 nitrogen and oxygen atoms in total. The average Bonchev–Trinajstić information content (AvgIpc) is 2.23. The summed E-state index contributed by atoms with van der Waals surface area (Å²) in [5.41, 5.74) is 0. The smallest absolute Gasteiger partial charge is 0.550 e. The van der Waals surface area contributed by atoms with Crippen LogP contribution in [0, 0.1) is 0 Å². The van der Waals surface area contributed by atoms with Crippen LogP contribution in [-0.2, 0) is 30.0 Å². The van der Waals surface area contributed by atoms with Crippen molar-refractivity contribution in [3.63, 3.8) is 0 Å². The minimum Gasteiger partial charge on any atom is -0.550 e. The van der Waals surface area contributed by atoms with Crippen molar-refractivity contribution in [1.29, 1.82) is 0 Å². The Balaban J connectivity index is -0.000000128. The topological polar surface area (TPSA) is 80.3 Å². The third-order valence-electron chi connectivity index (χ3n) is 4.02. The van der Waals surface area contributed by atoms with E-state index in [1.807, 2.05) is 0 Å². The van der Waals surface area contributed by atoms with Gasteiger partial charge in [-0.15, -0.1) is 0 Å². The minimum atomic E-state index is -1.08. The zero-order valence-corrected chi connectivity index (χ0v) is 30.2. The van der Waals surface area contributed by atoms with E-state index in [0.29, 0.717) is 30.9 Å². The first-order chi connectivity index (χ1) is 14.2. The van der Waals surface area contributed by atoms with E-state index in [0.717, 1.165) is 13.8 Å². The quantitative estimate of drug-likeness (QED) is 0.209. The molecule has 0 bridgehead atoms. The number of rotatable bonds is 0. The van der Waals surface area contributed by atoms with Gasteiger partial charge in [0.25, 0.3) is 0 Å². The maximum Gasteiger partial charge on any atom is 2.00 e. The number of carbonyl (C=O) groups excluding carboxylic acids is 2. The van der Waals surface area contributed by atoms with Gasteiger partial charge in [0.15, 0.2) is 0 Å². The number of carbonyl (C=O) groups is 2. The van der Waals surface area contributed by atoms with Gasteiger partial charge in [-0.05, 0) is 44.8 Å². The molecule has 0 aromatic heterocycles. The van der Waals surface area contributed by atoms with E-state index in [4.69, 9.17) is 19.8 Å². The van der Waals surface area contributed by atoms with Gasteiger partial charge in [-0.3, -0.25) is 0 Å². The molecule has 0 rings (SSSR count). The molecule has 0 fully saturated rings. The molecule has 0 amide bonds. The zero-order chi connectivity index (χ0) is 29.3. The van der Waals surface area contributed by atoms with Crippen LogP contribution in [0.3, 0.4) is 0 Å². The first kappa shape index (κ1) is 45.4. The Hall–Kier alpha value is 0.462. The van der Waals surface area contributed by atoms with Gasteiger partial charge in [0.2, 0.25) is 0 Å². The summed E-state index contributed by atoms with van der Waals surface area (Å²) in [5, 5.41) is 20.5. The summed E-state index contributed by atoms with van der Waals surface area (Å²) in [6, 6.07) is 0. The summed E-state index contributed by atoms with van der Waals surface area (Å²) in [6.07, 6.45) is 0. The van der Waals surface area contributed by atoms with Crippen LogP contribution in [0.25, 0.3) is 0 Å². The number of carboxylic acid groups (broad SMARTS) is 2. The molecule has 7 heteroatoms. The molecule has 0 spiro atoms. The molecule has 0 N–H and O–H groups in total. The van der Waals surface area contributed by atoms with E-state index in [-0.39, 0.29) is 36.3 Å². The van der Waals surface area contributed by atoms with E-state index < -0.39 is 11.9 Å². The monoisotopic (exact) mass is 628 g/mol. The Morgan fingerprint density at radius 2 is 0.457 bits per heavy atom. The van der Waals surface area contributed by atoms with Crippen molar-refractivity contribution in [2.75, 3.05) is 0 Å². The van der Waals surface area contributed by atoms with Crippen LogP contribution < -0.4 is 10.2 Å². The van der Waals surface area contributed by atoms with Gasteiger partial charge in [-0.25, -0.2) is 0 Å². The molecule has 0 aliphatic rings. The molecular formula is C28H60O4P2Pd. The molecule has 0 saturated heterocycles. The van der Waals surface area contributed by atoms with Crippen LogP contribution in [0.2, 0.25) is 0 Å². The average molecular weight is 629 g/mol. The van der Waals surface area contributed by atoms with Gasteiger partial charge in [0.05, 0.1) is 0 Å². The molecule has 0 heterocycles. The molecule has 0 aromatic carbocycles. The molecule has 35 heavy (non-hydrogen) atoms. The van der Waals surface area contributed by atoms with E-state index in [2.05, 4.69) is 125 Å². The standard InChI is InChI=1S/2C12H27P.2C2H4O2.Pd/c2*1-10(2,3)13(11(4,5)6)12(7,8)9;2*1-2(3)4;/h2*1-9H3;2*1H3,(H,3,4);/q;;;;+2/p-2. The number of aliphatic carboxylic acids is 2. The molecule has 0 atom stereocenters. The predicted octanol–water partition coefficient (Wildman–Crippen LogP) is 7.24. The van der Waals surface area contributed by atoms with Crippen LogP contribution in [0.15, 0.2) is 0 Å². The van der Waals surface area contributed by atoms with E-state index in [1.165, 1.54) is 0 Å².